The van der Waals surface area contributed by atoms with Crippen molar-refractivity contribution in [3.63, 3.8) is 0 Å². The molecular weight excluding hydrogens is 591 g/mol. The van der Waals surface area contributed by atoms with E-state index >= 15 is 0 Å². The van der Waals surface area contributed by atoms with Gasteiger partial charge in [-0.2, -0.15) is 13.2 Å². The van der Waals surface area contributed by atoms with E-state index in [9.17, 15) is 37.5 Å². The van der Waals surface area contributed by atoms with Crippen molar-refractivity contribution in [1.29, 1.82) is 0 Å². The topological polar surface area (TPSA) is 109 Å². The molecule has 3 atom stereocenters. The fraction of sp³-hybridized carbons (Fsp3) is 0.172. The number of rotatable bonds is 5. The molecule has 214 valence electrons. The van der Waals surface area contributed by atoms with E-state index in [4.69, 9.17) is 0 Å². The molecular formula is C29H20F3N3O5S2. The van der Waals surface area contributed by atoms with Gasteiger partial charge in [0.05, 0.1) is 22.2 Å². The zero-order valence-electron chi connectivity index (χ0n) is 21.4. The Bertz CT molecular complexity index is 1790. The number of aromatic nitrogens is 1. The van der Waals surface area contributed by atoms with E-state index in [2.05, 4.69) is 5.32 Å². The third-order valence-corrected chi connectivity index (χ3v) is 9.72. The summed E-state index contributed by atoms with van der Waals surface area (Å²) in [6, 6.07) is 18.8. The molecule has 2 aliphatic heterocycles. The van der Waals surface area contributed by atoms with Crippen LogP contribution in [-0.4, -0.2) is 32.6 Å². The Morgan fingerprint density at radius 3 is 2.36 bits per heavy atom. The molecule has 42 heavy (non-hydrogen) atoms. The minimum Gasteiger partial charge on any atom is -0.508 e. The summed E-state index contributed by atoms with van der Waals surface area (Å²) in [4.78, 5) is 54.3. The van der Waals surface area contributed by atoms with E-state index in [-0.39, 0.29) is 28.6 Å². The molecule has 0 radical (unpaired) electrons. The van der Waals surface area contributed by atoms with Gasteiger partial charge in [0.15, 0.2) is 0 Å². The van der Waals surface area contributed by atoms with Gasteiger partial charge in [-0.1, -0.05) is 65.6 Å². The predicted molar refractivity (Wildman–Crippen MR) is 151 cm³/mol. The second-order valence-corrected chi connectivity index (χ2v) is 11.8. The Labute approximate surface area is 244 Å². The van der Waals surface area contributed by atoms with Crippen molar-refractivity contribution < 1.29 is 32.7 Å². The molecule has 6 rings (SSSR count). The number of phenolic OH excluding ortho intramolecular Hbond substituents is 1. The van der Waals surface area contributed by atoms with Crippen LogP contribution in [0.2, 0.25) is 0 Å². The largest absolute Gasteiger partial charge is 0.508 e. The number of para-hydroxylation sites is 2. The molecule has 0 spiro atoms. The molecule has 1 fully saturated rings. The van der Waals surface area contributed by atoms with Crippen LogP contribution >= 0.6 is 23.1 Å². The molecule has 1 saturated heterocycles. The normalized spacial score (nSPS) is 19.9. The number of carbonyl (C=O) groups excluding carboxylic acids is 3. The number of amides is 3. The van der Waals surface area contributed by atoms with Crippen LogP contribution in [-0.2, 0) is 27.1 Å². The van der Waals surface area contributed by atoms with Crippen LogP contribution in [0, 0.1) is 5.92 Å². The highest BCUT2D eigenvalue weighted by molar-refractivity contribution is 8.00. The third kappa shape index (κ3) is 4.77. The van der Waals surface area contributed by atoms with E-state index in [1.54, 1.807) is 48.5 Å². The van der Waals surface area contributed by atoms with Gasteiger partial charge in [0.2, 0.25) is 17.7 Å². The first-order valence-corrected chi connectivity index (χ1v) is 14.3. The van der Waals surface area contributed by atoms with Gasteiger partial charge in [0.1, 0.15) is 17.5 Å². The second kappa shape index (κ2) is 10.5. The Morgan fingerprint density at radius 1 is 0.929 bits per heavy atom. The summed E-state index contributed by atoms with van der Waals surface area (Å²) in [5.74, 6) is -4.25. The number of alkyl halides is 3. The number of hydrogen-bond acceptors (Lipinski definition) is 7. The standard InChI is InChI=1S/C29H20F3N3O5S2/c30-29(31,32)15-7-6-10-17(13-15)35-25(38)22-21(18-11-4-5-12-19(18)36)24-27(41-23(22)26(35)39)34(28(40)42-24)14-20(37)33-16-8-2-1-3-9-16/h1-13,21-23,36H,14H2,(H,33,37)/t21-,22?,23?/m0/s1. The van der Waals surface area contributed by atoms with Crippen LogP contribution in [0.4, 0.5) is 24.5 Å². The van der Waals surface area contributed by atoms with Crippen molar-refractivity contribution in [3.05, 3.63) is 105 Å². The predicted octanol–water partition coefficient (Wildman–Crippen LogP) is 5.07. The number of phenols is 1. The fourth-order valence-electron chi connectivity index (χ4n) is 5.28. The smallest absolute Gasteiger partial charge is 0.416 e. The molecule has 3 heterocycles. The maximum atomic E-state index is 13.9. The van der Waals surface area contributed by atoms with Crippen LogP contribution in [0.3, 0.4) is 0 Å². The molecule has 1 aromatic heterocycles. The number of nitrogens with one attached hydrogen (secondary N) is 1. The highest BCUT2D eigenvalue weighted by Crippen LogP contribution is 2.55. The van der Waals surface area contributed by atoms with E-state index < -0.39 is 51.4 Å². The lowest BCUT2D eigenvalue weighted by Crippen LogP contribution is -2.33. The first-order chi connectivity index (χ1) is 20.0. The average Bonchev–Trinajstić information content (AvgIpc) is 3.40. The van der Waals surface area contributed by atoms with Crippen molar-refractivity contribution >= 4 is 52.2 Å². The maximum Gasteiger partial charge on any atom is 0.416 e. The Kier molecular flexibility index (Phi) is 6.93. The number of imide groups is 1. The van der Waals surface area contributed by atoms with Crippen molar-refractivity contribution in [3.8, 4) is 5.75 Å². The van der Waals surface area contributed by atoms with Crippen molar-refractivity contribution in [2.24, 2.45) is 5.92 Å². The number of fused-ring (bicyclic) bond motifs is 2. The molecule has 13 heteroatoms. The highest BCUT2D eigenvalue weighted by atomic mass is 32.2. The van der Waals surface area contributed by atoms with Gasteiger partial charge in [-0.25, -0.2) is 4.90 Å². The maximum absolute atomic E-state index is 13.9. The molecule has 3 amide bonds. The van der Waals surface area contributed by atoms with Gasteiger partial charge in [-0.05, 0) is 36.4 Å². The summed E-state index contributed by atoms with van der Waals surface area (Å²) in [6.07, 6.45) is -4.69. The molecule has 0 bridgehead atoms. The molecule has 0 saturated carbocycles. The van der Waals surface area contributed by atoms with Crippen LogP contribution in [0.1, 0.15) is 21.9 Å². The number of benzene rings is 3. The minimum atomic E-state index is -4.69. The van der Waals surface area contributed by atoms with E-state index in [0.717, 1.165) is 46.2 Å². The molecule has 8 nitrogen and oxygen atoms in total. The van der Waals surface area contributed by atoms with Crippen molar-refractivity contribution in [2.75, 3.05) is 10.2 Å². The van der Waals surface area contributed by atoms with Crippen LogP contribution < -0.4 is 15.1 Å². The lowest BCUT2D eigenvalue weighted by molar-refractivity contribution is -0.137. The Morgan fingerprint density at radius 2 is 1.64 bits per heavy atom. The first kappa shape index (κ1) is 27.8. The van der Waals surface area contributed by atoms with Gasteiger partial charge in [0, 0.05) is 22.0 Å². The molecule has 4 aromatic rings. The molecule has 3 aromatic carbocycles. The van der Waals surface area contributed by atoms with E-state index in [1.165, 1.54) is 16.7 Å². The minimum absolute atomic E-state index is 0.175. The van der Waals surface area contributed by atoms with Crippen LogP contribution in [0.25, 0.3) is 0 Å². The van der Waals surface area contributed by atoms with Gasteiger partial charge in [0.25, 0.3) is 0 Å². The van der Waals surface area contributed by atoms with Crippen molar-refractivity contribution in [2.45, 2.75) is 28.9 Å². The summed E-state index contributed by atoms with van der Waals surface area (Å²) in [5.41, 5.74) is -0.442. The zero-order chi connectivity index (χ0) is 29.8. The lowest BCUT2D eigenvalue weighted by atomic mass is 9.82. The highest BCUT2D eigenvalue weighted by Gasteiger charge is 2.57. The number of carbonyl (C=O) groups is 3. The third-order valence-electron chi connectivity index (χ3n) is 7.11. The average molecular weight is 612 g/mol. The number of thioether (sulfide) groups is 1. The van der Waals surface area contributed by atoms with E-state index in [0.29, 0.717) is 10.6 Å². The summed E-state index contributed by atoms with van der Waals surface area (Å²) in [7, 11) is 0. The zero-order valence-corrected chi connectivity index (χ0v) is 23.0. The molecule has 2 unspecified atom stereocenters. The summed E-state index contributed by atoms with van der Waals surface area (Å²) < 4.78 is 41.6. The number of aromatic hydroxyl groups is 1. The van der Waals surface area contributed by atoms with Gasteiger partial charge >= 0.3 is 11.0 Å². The van der Waals surface area contributed by atoms with Gasteiger partial charge in [-0.15, -0.1) is 0 Å². The van der Waals surface area contributed by atoms with E-state index in [1.807, 2.05) is 0 Å². The Balaban J connectivity index is 1.43. The second-order valence-electron chi connectivity index (χ2n) is 9.70. The first-order valence-electron chi connectivity index (χ1n) is 12.6. The lowest BCUT2D eigenvalue weighted by Gasteiger charge is -2.31. The molecule has 2 aliphatic rings. The number of halogens is 3. The molecule has 0 aliphatic carbocycles. The van der Waals surface area contributed by atoms with Gasteiger partial charge in [-0.3, -0.25) is 23.7 Å². The number of hydrogen-bond donors (Lipinski definition) is 2. The monoisotopic (exact) mass is 611 g/mol. The Hall–Kier alpha value is -4.36. The summed E-state index contributed by atoms with van der Waals surface area (Å²) in [5, 5.41) is 12.6. The summed E-state index contributed by atoms with van der Waals surface area (Å²) in [6.45, 7) is -0.378. The number of anilines is 2. The number of nitrogens with zero attached hydrogens (tertiary/aromatic N) is 2. The SMILES string of the molecule is O=C(Cn1c2c(sc1=O)[C@@H](c1ccccc1O)C1C(=O)N(c3cccc(C(F)(F)F)c3)C(=O)C1S2)Nc1ccccc1. The summed E-state index contributed by atoms with van der Waals surface area (Å²) >= 11 is 1.72. The van der Waals surface area contributed by atoms with Gasteiger partial charge < -0.3 is 10.4 Å². The fourth-order valence-corrected chi connectivity index (χ4v) is 8.05. The van der Waals surface area contributed by atoms with Crippen molar-refractivity contribution in [1.82, 2.24) is 4.57 Å². The van der Waals surface area contributed by atoms with Crippen LogP contribution in [0.5, 0.6) is 5.75 Å². The number of thiazole rings is 1. The van der Waals surface area contributed by atoms with Crippen LogP contribution in [0.15, 0.2) is 88.7 Å². The molecule has 2 N–H and O–H groups in total. The quantitative estimate of drug-likeness (QED) is 0.305.